The van der Waals surface area contributed by atoms with Gasteiger partial charge < -0.3 is 10.1 Å². The van der Waals surface area contributed by atoms with E-state index in [0.29, 0.717) is 20.8 Å². The maximum atomic E-state index is 12.2. The van der Waals surface area contributed by atoms with Crippen LogP contribution in [0.15, 0.2) is 56.8 Å². The highest BCUT2D eigenvalue weighted by atomic mass is 79.9. The van der Waals surface area contributed by atoms with Gasteiger partial charge in [-0.2, -0.15) is 0 Å². The molecule has 0 spiro atoms. The molecule has 2 aromatic carbocycles. The molecule has 0 aliphatic carbocycles. The largest absolute Gasteiger partial charge is 0.480 e. The van der Waals surface area contributed by atoms with Gasteiger partial charge in [0.15, 0.2) is 5.17 Å². The summed E-state index contributed by atoms with van der Waals surface area (Å²) in [7, 11) is 0. The van der Waals surface area contributed by atoms with E-state index < -0.39 is 0 Å². The number of benzene rings is 2. The van der Waals surface area contributed by atoms with Gasteiger partial charge in [-0.05, 0) is 75.7 Å². The summed E-state index contributed by atoms with van der Waals surface area (Å²) in [6.07, 6.45) is 6.98. The van der Waals surface area contributed by atoms with Crippen LogP contribution in [-0.2, 0) is 4.79 Å². The molecule has 0 bridgehead atoms. The van der Waals surface area contributed by atoms with E-state index in [1.54, 1.807) is 36.4 Å². The van der Waals surface area contributed by atoms with E-state index in [2.05, 4.69) is 32.2 Å². The number of nitrogens with one attached hydrogen (secondary N) is 1. The minimum Gasteiger partial charge on any atom is -0.480 e. The zero-order chi connectivity index (χ0) is 18.5. The van der Waals surface area contributed by atoms with E-state index in [1.807, 2.05) is 12.1 Å². The summed E-state index contributed by atoms with van der Waals surface area (Å²) in [4.78, 5) is 17.1. The number of halogens is 2. The second-order valence-corrected chi connectivity index (χ2v) is 7.46. The van der Waals surface area contributed by atoms with Gasteiger partial charge in [0.1, 0.15) is 12.4 Å². The quantitative estimate of drug-likeness (QED) is 0.530. The van der Waals surface area contributed by atoms with Crippen molar-refractivity contribution in [1.82, 2.24) is 5.32 Å². The number of amides is 1. The summed E-state index contributed by atoms with van der Waals surface area (Å²) in [5.41, 5.74) is 1.58. The highest BCUT2D eigenvalue weighted by Crippen LogP contribution is 2.31. The van der Waals surface area contributed by atoms with E-state index in [1.165, 1.54) is 11.8 Å². The lowest BCUT2D eigenvalue weighted by Gasteiger charge is -2.05. The lowest BCUT2D eigenvalue weighted by Crippen LogP contribution is -2.19. The van der Waals surface area contributed by atoms with Crippen molar-refractivity contribution < 1.29 is 9.53 Å². The van der Waals surface area contributed by atoms with Crippen LogP contribution in [0, 0.1) is 12.3 Å². The summed E-state index contributed by atoms with van der Waals surface area (Å²) in [6, 6.07) is 12.6. The summed E-state index contributed by atoms with van der Waals surface area (Å²) in [6.45, 7) is 0.196. The maximum Gasteiger partial charge on any atom is 0.264 e. The van der Waals surface area contributed by atoms with Crippen molar-refractivity contribution in [3.63, 3.8) is 0 Å². The number of carbonyl (C=O) groups is 1. The first-order chi connectivity index (χ1) is 12.5. The van der Waals surface area contributed by atoms with Gasteiger partial charge in [-0.3, -0.25) is 4.79 Å². The summed E-state index contributed by atoms with van der Waals surface area (Å²) in [5.74, 6) is 2.88. The van der Waals surface area contributed by atoms with E-state index >= 15 is 0 Å². The van der Waals surface area contributed by atoms with Crippen LogP contribution in [0.1, 0.15) is 5.56 Å². The predicted molar refractivity (Wildman–Crippen MR) is 111 cm³/mol. The molecular formula is C19H12BrClN2O2S. The molecule has 130 valence electrons. The summed E-state index contributed by atoms with van der Waals surface area (Å²) in [5, 5.41) is 3.92. The Morgan fingerprint density at radius 1 is 1.31 bits per heavy atom. The standard InChI is InChI=1S/C19H12BrClN2O2S/c1-2-9-25-16-8-3-12(10-15(16)20)11-17-18(24)23-19(26-17)22-14-6-4-13(21)5-7-14/h1,3-8,10-11H,9H2,(H,22,23,24)/b17-11-. The number of hydrogen-bond acceptors (Lipinski definition) is 4. The number of aliphatic imine (C=N–C) groups is 1. The molecule has 0 radical (unpaired) electrons. The SMILES string of the molecule is C#CCOc1ccc(/C=C2\SC(=Nc3ccc(Cl)cc3)NC2=O)cc1Br. The highest BCUT2D eigenvalue weighted by molar-refractivity contribution is 9.10. The number of hydrogen-bond donors (Lipinski definition) is 1. The number of terminal acetylenes is 1. The Morgan fingerprint density at radius 2 is 2.08 bits per heavy atom. The van der Waals surface area contributed by atoms with Gasteiger partial charge in [0.25, 0.3) is 5.91 Å². The lowest BCUT2D eigenvalue weighted by molar-refractivity contribution is -0.115. The van der Waals surface area contributed by atoms with Gasteiger partial charge in [0.2, 0.25) is 0 Å². The van der Waals surface area contributed by atoms with Crippen molar-refractivity contribution in [2.75, 3.05) is 6.61 Å². The molecule has 3 rings (SSSR count). The summed E-state index contributed by atoms with van der Waals surface area (Å²) >= 11 is 10.6. The molecule has 0 unspecified atom stereocenters. The van der Waals surface area contributed by atoms with Gasteiger partial charge in [-0.25, -0.2) is 4.99 Å². The van der Waals surface area contributed by atoms with E-state index in [0.717, 1.165) is 15.7 Å². The molecular weight excluding hydrogens is 436 g/mol. The molecule has 2 aromatic rings. The molecule has 7 heteroatoms. The molecule has 1 aliphatic heterocycles. The smallest absolute Gasteiger partial charge is 0.264 e. The first-order valence-electron chi connectivity index (χ1n) is 7.46. The second-order valence-electron chi connectivity index (χ2n) is 5.14. The molecule has 1 fully saturated rings. The molecule has 0 atom stereocenters. The maximum absolute atomic E-state index is 12.2. The van der Waals surface area contributed by atoms with Crippen LogP contribution < -0.4 is 10.1 Å². The van der Waals surface area contributed by atoms with Crippen LogP contribution in [0.3, 0.4) is 0 Å². The monoisotopic (exact) mass is 446 g/mol. The van der Waals surface area contributed by atoms with E-state index in [4.69, 9.17) is 22.8 Å². The van der Waals surface area contributed by atoms with E-state index in [9.17, 15) is 4.79 Å². The third-order valence-corrected chi connectivity index (χ3v) is 5.05. The number of carbonyl (C=O) groups excluding carboxylic acids is 1. The molecule has 1 aliphatic rings. The Bertz CT molecular complexity index is 949. The molecule has 1 saturated heterocycles. The van der Waals surface area contributed by atoms with E-state index in [-0.39, 0.29) is 12.5 Å². The molecule has 1 N–H and O–H groups in total. The van der Waals surface area contributed by atoms with Crippen LogP contribution in [0.25, 0.3) is 6.08 Å². The number of rotatable bonds is 4. The number of thioether (sulfide) groups is 1. The molecule has 0 saturated carbocycles. The van der Waals surface area contributed by atoms with Gasteiger partial charge in [-0.15, -0.1) is 6.42 Å². The second kappa shape index (κ2) is 8.45. The Labute approximate surface area is 168 Å². The van der Waals surface area contributed by atoms with Gasteiger partial charge >= 0.3 is 0 Å². The predicted octanol–water partition coefficient (Wildman–Crippen LogP) is 5.01. The fourth-order valence-electron chi connectivity index (χ4n) is 2.11. The molecule has 1 heterocycles. The molecule has 1 amide bonds. The lowest BCUT2D eigenvalue weighted by atomic mass is 10.2. The average Bonchev–Trinajstić information content (AvgIpc) is 2.95. The van der Waals surface area contributed by atoms with Gasteiger partial charge in [-0.1, -0.05) is 23.6 Å². The first-order valence-corrected chi connectivity index (χ1v) is 9.45. The van der Waals surface area contributed by atoms with Crippen LogP contribution >= 0.6 is 39.3 Å². The zero-order valence-electron chi connectivity index (χ0n) is 13.3. The molecule has 4 nitrogen and oxygen atoms in total. The number of ether oxygens (including phenoxy) is 1. The van der Waals surface area contributed by atoms with Gasteiger partial charge in [0, 0.05) is 5.02 Å². The number of amidine groups is 1. The highest BCUT2D eigenvalue weighted by Gasteiger charge is 2.23. The molecule has 0 aromatic heterocycles. The first kappa shape index (κ1) is 18.6. The van der Waals surface area contributed by atoms with Crippen LogP contribution in [0.2, 0.25) is 5.02 Å². The number of nitrogens with zero attached hydrogens (tertiary/aromatic N) is 1. The third-order valence-electron chi connectivity index (χ3n) is 3.27. The van der Waals surface area contributed by atoms with Gasteiger partial charge in [0.05, 0.1) is 15.1 Å². The van der Waals surface area contributed by atoms with Crippen LogP contribution in [-0.4, -0.2) is 17.7 Å². The Kier molecular flexibility index (Phi) is 6.04. The van der Waals surface area contributed by atoms with Crippen molar-refractivity contribution in [3.8, 4) is 18.1 Å². The Morgan fingerprint density at radius 3 is 2.77 bits per heavy atom. The minimum absolute atomic E-state index is 0.188. The van der Waals surface area contributed by atoms with Crippen molar-refractivity contribution in [2.45, 2.75) is 0 Å². The van der Waals surface area contributed by atoms with Crippen molar-refractivity contribution >= 4 is 62.1 Å². The van der Waals surface area contributed by atoms with Crippen molar-refractivity contribution in [3.05, 3.63) is 62.4 Å². The van der Waals surface area contributed by atoms with Crippen molar-refractivity contribution in [1.29, 1.82) is 0 Å². The summed E-state index contributed by atoms with van der Waals surface area (Å²) < 4.78 is 6.17. The Hall–Kier alpha value is -2.20. The average molecular weight is 448 g/mol. The third kappa shape index (κ3) is 4.70. The minimum atomic E-state index is -0.188. The van der Waals surface area contributed by atoms with Crippen LogP contribution in [0.5, 0.6) is 5.75 Å². The zero-order valence-corrected chi connectivity index (χ0v) is 16.5. The molecule has 26 heavy (non-hydrogen) atoms. The van der Waals surface area contributed by atoms with Crippen molar-refractivity contribution in [2.24, 2.45) is 4.99 Å². The fraction of sp³-hybridized carbons (Fsp3) is 0.0526. The normalized spacial score (nSPS) is 16.6. The fourth-order valence-corrected chi connectivity index (χ4v) is 3.59. The Balaban J connectivity index is 1.77. The van der Waals surface area contributed by atoms with Crippen LogP contribution in [0.4, 0.5) is 5.69 Å². The topological polar surface area (TPSA) is 50.7 Å².